The lowest BCUT2D eigenvalue weighted by molar-refractivity contribution is -0.887. The Bertz CT molecular complexity index is 1390. The zero-order valence-corrected chi connectivity index (χ0v) is 38.1. The summed E-state index contributed by atoms with van der Waals surface area (Å²) < 4.78 is 17.2. The van der Waals surface area contributed by atoms with Crippen LogP contribution in [-0.2, 0) is 28.6 Å². The van der Waals surface area contributed by atoms with Crippen LogP contribution in [-0.4, -0.2) is 80.6 Å². The summed E-state index contributed by atoms with van der Waals surface area (Å²) in [6.07, 6.45) is 58.1. The summed E-state index contributed by atoms with van der Waals surface area (Å²) in [7, 11) is 5.49. The van der Waals surface area contributed by atoms with Gasteiger partial charge in [-0.1, -0.05) is 167 Å². The van der Waals surface area contributed by atoms with E-state index >= 15 is 0 Å². The van der Waals surface area contributed by atoms with Gasteiger partial charge >= 0.3 is 17.9 Å². The largest absolute Gasteiger partial charge is 0.477 e. The van der Waals surface area contributed by atoms with Crippen LogP contribution in [0.1, 0.15) is 136 Å². The molecule has 60 heavy (non-hydrogen) atoms. The minimum Gasteiger partial charge on any atom is -0.477 e. The van der Waals surface area contributed by atoms with Gasteiger partial charge in [0.2, 0.25) is 0 Å². The van der Waals surface area contributed by atoms with E-state index in [9.17, 15) is 19.5 Å². The molecule has 0 aromatic rings. The van der Waals surface area contributed by atoms with Crippen molar-refractivity contribution in [1.82, 2.24) is 0 Å². The number of likely N-dealkylation sites (N-methyl/N-ethyl adjacent to an activating group) is 1. The van der Waals surface area contributed by atoms with Crippen LogP contribution in [0, 0.1) is 0 Å². The molecule has 0 radical (unpaired) electrons. The Morgan fingerprint density at radius 1 is 0.517 bits per heavy atom. The SMILES string of the molecule is CC/C=C/C=C/C=C/C=C/C=C/C=C/CCCCCC(=O)OC(COCCC(C(=O)O)[N+](C)(C)C)COC(=O)CCCCCCCC/C=C/C/C=C/C/C=C/C/C=C/CC. The second-order valence-electron chi connectivity index (χ2n) is 15.7. The summed E-state index contributed by atoms with van der Waals surface area (Å²) in [4.78, 5) is 37.0. The predicted octanol–water partition coefficient (Wildman–Crippen LogP) is 12.6. The van der Waals surface area contributed by atoms with Crippen molar-refractivity contribution >= 4 is 17.9 Å². The van der Waals surface area contributed by atoms with Crippen LogP contribution in [0.25, 0.3) is 0 Å². The quantitative estimate of drug-likeness (QED) is 0.0217. The van der Waals surface area contributed by atoms with E-state index in [-0.39, 0.29) is 42.7 Å². The predicted molar refractivity (Wildman–Crippen MR) is 252 cm³/mol. The van der Waals surface area contributed by atoms with Crippen LogP contribution in [0.5, 0.6) is 0 Å². The number of carboxylic acids is 1. The van der Waals surface area contributed by atoms with Crippen molar-refractivity contribution in [3.05, 3.63) is 122 Å². The molecule has 0 aliphatic carbocycles. The minimum atomic E-state index is -0.892. The van der Waals surface area contributed by atoms with E-state index in [1.54, 1.807) is 0 Å². The van der Waals surface area contributed by atoms with Gasteiger partial charge in [0.05, 0.1) is 34.4 Å². The number of carbonyl (C=O) groups excluding carboxylic acids is 2. The maximum atomic E-state index is 12.7. The van der Waals surface area contributed by atoms with Crippen LogP contribution in [0.3, 0.4) is 0 Å². The van der Waals surface area contributed by atoms with E-state index in [2.05, 4.69) is 74.6 Å². The van der Waals surface area contributed by atoms with Gasteiger partial charge < -0.3 is 23.8 Å². The molecule has 0 saturated carbocycles. The maximum absolute atomic E-state index is 12.7. The van der Waals surface area contributed by atoms with Gasteiger partial charge in [0, 0.05) is 19.3 Å². The van der Waals surface area contributed by atoms with Crippen molar-refractivity contribution in [3.63, 3.8) is 0 Å². The smallest absolute Gasteiger partial charge is 0.362 e. The fourth-order valence-corrected chi connectivity index (χ4v) is 5.82. The molecule has 0 fully saturated rings. The van der Waals surface area contributed by atoms with Gasteiger partial charge in [0.1, 0.15) is 6.61 Å². The van der Waals surface area contributed by atoms with Crippen molar-refractivity contribution in [1.29, 1.82) is 0 Å². The lowest BCUT2D eigenvalue weighted by atomic mass is 10.1. The lowest BCUT2D eigenvalue weighted by Crippen LogP contribution is -2.50. The van der Waals surface area contributed by atoms with Crippen molar-refractivity contribution in [2.45, 2.75) is 148 Å². The number of aliphatic carboxylic acids is 1. The van der Waals surface area contributed by atoms with Crippen molar-refractivity contribution in [2.24, 2.45) is 0 Å². The molecule has 8 heteroatoms. The Morgan fingerprint density at radius 3 is 1.52 bits per heavy atom. The third kappa shape index (κ3) is 39.2. The molecule has 1 N–H and O–H groups in total. The molecule has 0 saturated heterocycles. The van der Waals surface area contributed by atoms with Gasteiger partial charge in [-0.05, 0) is 70.6 Å². The number of carboxylic acid groups (broad SMARTS) is 1. The van der Waals surface area contributed by atoms with E-state index in [1.807, 2.05) is 81.9 Å². The number of carbonyl (C=O) groups is 3. The number of nitrogens with zero attached hydrogens (tertiary/aromatic N) is 1. The van der Waals surface area contributed by atoms with Crippen LogP contribution in [0.4, 0.5) is 0 Å². The van der Waals surface area contributed by atoms with E-state index < -0.39 is 18.1 Å². The normalized spacial score (nSPS) is 14.1. The lowest BCUT2D eigenvalue weighted by Gasteiger charge is -2.31. The Kier molecular flexibility index (Phi) is 38.5. The van der Waals surface area contributed by atoms with Gasteiger partial charge in [-0.3, -0.25) is 9.59 Å². The summed E-state index contributed by atoms with van der Waals surface area (Å²) >= 11 is 0. The Morgan fingerprint density at radius 2 is 0.967 bits per heavy atom. The average Bonchev–Trinajstić information content (AvgIpc) is 3.21. The number of hydrogen-bond acceptors (Lipinski definition) is 6. The Balaban J connectivity index is 4.47. The third-order valence-electron chi connectivity index (χ3n) is 9.27. The Labute approximate surface area is 365 Å². The van der Waals surface area contributed by atoms with Gasteiger partial charge in [-0.25, -0.2) is 4.79 Å². The highest BCUT2D eigenvalue weighted by Crippen LogP contribution is 2.12. The van der Waals surface area contributed by atoms with Gasteiger partial charge in [0.25, 0.3) is 0 Å². The number of hydrogen-bond donors (Lipinski definition) is 1. The van der Waals surface area contributed by atoms with Gasteiger partial charge in [-0.15, -0.1) is 0 Å². The first-order chi connectivity index (χ1) is 29.1. The number of allylic oxidation sites excluding steroid dienone is 20. The van der Waals surface area contributed by atoms with Crippen molar-refractivity contribution in [2.75, 3.05) is 41.0 Å². The molecule has 0 rings (SSSR count). The van der Waals surface area contributed by atoms with Gasteiger partial charge in [0.15, 0.2) is 12.1 Å². The van der Waals surface area contributed by atoms with Gasteiger partial charge in [-0.2, -0.15) is 0 Å². The molecule has 0 aromatic carbocycles. The summed E-state index contributed by atoms with van der Waals surface area (Å²) in [5, 5.41) is 9.63. The van der Waals surface area contributed by atoms with E-state index in [0.29, 0.717) is 19.3 Å². The molecule has 0 bridgehead atoms. The molecule has 0 aromatic heterocycles. The highest BCUT2D eigenvalue weighted by molar-refractivity contribution is 5.72. The highest BCUT2D eigenvalue weighted by Gasteiger charge is 2.31. The highest BCUT2D eigenvalue weighted by atomic mass is 16.6. The molecule has 0 spiro atoms. The fraction of sp³-hybridized carbons (Fsp3) is 0.558. The van der Waals surface area contributed by atoms with E-state index in [4.69, 9.17) is 14.2 Å². The first kappa shape index (κ1) is 55.7. The molecular weight excluding hydrogens is 751 g/mol. The maximum Gasteiger partial charge on any atom is 0.362 e. The van der Waals surface area contributed by atoms with E-state index in [0.717, 1.165) is 83.5 Å². The monoisotopic (exact) mass is 833 g/mol. The Hall–Kier alpha value is -4.27. The molecule has 2 unspecified atom stereocenters. The van der Waals surface area contributed by atoms with Crippen LogP contribution in [0.15, 0.2) is 122 Å². The number of esters is 2. The van der Waals surface area contributed by atoms with E-state index in [1.165, 1.54) is 12.8 Å². The first-order valence-corrected chi connectivity index (χ1v) is 22.7. The number of unbranched alkanes of at least 4 members (excludes halogenated alkanes) is 9. The molecular formula is C52H82NO7+. The summed E-state index contributed by atoms with van der Waals surface area (Å²) in [5.41, 5.74) is 0. The number of rotatable bonds is 38. The number of quaternary nitrogens is 1. The second-order valence-corrected chi connectivity index (χ2v) is 15.7. The van der Waals surface area contributed by atoms with Crippen LogP contribution < -0.4 is 0 Å². The average molecular weight is 833 g/mol. The molecule has 8 nitrogen and oxygen atoms in total. The molecule has 0 aliphatic heterocycles. The molecule has 0 heterocycles. The summed E-state index contributed by atoms with van der Waals surface area (Å²) in [6, 6.07) is -0.634. The summed E-state index contributed by atoms with van der Waals surface area (Å²) in [5.74, 6) is -1.56. The fourth-order valence-electron chi connectivity index (χ4n) is 5.82. The molecule has 336 valence electrons. The zero-order valence-electron chi connectivity index (χ0n) is 38.1. The second kappa shape index (κ2) is 41.5. The summed E-state index contributed by atoms with van der Waals surface area (Å²) in [6.45, 7) is 4.38. The number of ether oxygens (including phenoxy) is 3. The molecule has 0 amide bonds. The topological polar surface area (TPSA) is 99.1 Å². The van der Waals surface area contributed by atoms with Crippen LogP contribution >= 0.6 is 0 Å². The van der Waals surface area contributed by atoms with Crippen molar-refractivity contribution in [3.8, 4) is 0 Å². The molecule has 2 atom stereocenters. The molecule has 0 aliphatic rings. The zero-order chi connectivity index (χ0) is 44.2. The third-order valence-corrected chi connectivity index (χ3v) is 9.27. The minimum absolute atomic E-state index is 0.0287. The first-order valence-electron chi connectivity index (χ1n) is 22.7. The standard InChI is InChI=1S/C52H81NO7/c1-6-8-10-12-14-16-18-20-22-24-25-27-28-30-32-34-36-38-40-42-50(54)59-47-48(46-58-45-44-49(52(56)57)53(3,4)5)60-51(55)43-41-39-37-35-33-31-29-26-23-21-19-17-15-13-11-9-7-2/h8-11,13-17,19-23,25-27,29,31,33,48-49H,6-7,12,18,24,28,30,32,34-47H2,1-5H3/p+1/b10-8+,11-9+,15-13+,16-14+,19-17+,22-20+,23-21+,27-25+,29-26+,33-31+. The van der Waals surface area contributed by atoms with Crippen molar-refractivity contribution < 1.29 is 38.2 Å². The van der Waals surface area contributed by atoms with Crippen LogP contribution in [0.2, 0.25) is 0 Å².